The van der Waals surface area contributed by atoms with E-state index < -0.39 is 0 Å². The van der Waals surface area contributed by atoms with Gasteiger partial charge in [0.25, 0.3) is 0 Å². The number of aryl methyl sites for hydroxylation is 2. The minimum Gasteiger partial charge on any atom is -0.384 e. The fourth-order valence-electron chi connectivity index (χ4n) is 1.93. The normalized spacial score (nSPS) is 12.1. The van der Waals surface area contributed by atoms with Gasteiger partial charge in [-0.2, -0.15) is 0 Å². The first-order valence-electron chi connectivity index (χ1n) is 5.78. The highest BCUT2D eigenvalue weighted by Gasteiger charge is 2.22. The second-order valence-electron chi connectivity index (χ2n) is 4.97. The maximum Gasteiger partial charge on any atom is 0.127 e. The number of nitrogens with zero attached hydrogens (tertiary/aromatic N) is 2. The molecule has 2 N–H and O–H groups in total. The number of nitrogen functional groups attached to an aromatic ring is 1. The Morgan fingerprint density at radius 1 is 1.27 bits per heavy atom. The molecule has 86 valence electrons. The summed E-state index contributed by atoms with van der Waals surface area (Å²) < 4.78 is 2.18. The van der Waals surface area contributed by atoms with Gasteiger partial charge in [0.1, 0.15) is 11.6 Å². The SMILES string of the molecule is CCCc1nc(CC)c(N)n1C(C)(C)C. The summed E-state index contributed by atoms with van der Waals surface area (Å²) in [5, 5.41) is 0. The van der Waals surface area contributed by atoms with Crippen LogP contribution in [0.1, 0.15) is 52.6 Å². The lowest BCUT2D eigenvalue weighted by atomic mass is 10.1. The molecule has 0 aliphatic heterocycles. The van der Waals surface area contributed by atoms with Crippen molar-refractivity contribution >= 4 is 5.82 Å². The van der Waals surface area contributed by atoms with Crippen LogP contribution in [-0.4, -0.2) is 9.55 Å². The maximum atomic E-state index is 6.13. The minimum absolute atomic E-state index is 0.0228. The van der Waals surface area contributed by atoms with Crippen molar-refractivity contribution in [3.8, 4) is 0 Å². The number of imidazole rings is 1. The average molecular weight is 209 g/mol. The van der Waals surface area contributed by atoms with Crippen molar-refractivity contribution in [3.05, 3.63) is 11.5 Å². The molecule has 3 nitrogen and oxygen atoms in total. The summed E-state index contributed by atoms with van der Waals surface area (Å²) in [6, 6.07) is 0. The van der Waals surface area contributed by atoms with Crippen molar-refractivity contribution in [2.45, 2.75) is 59.4 Å². The third-order valence-corrected chi connectivity index (χ3v) is 2.54. The van der Waals surface area contributed by atoms with E-state index in [2.05, 4.69) is 44.2 Å². The van der Waals surface area contributed by atoms with Gasteiger partial charge >= 0.3 is 0 Å². The zero-order chi connectivity index (χ0) is 11.6. The second kappa shape index (κ2) is 4.25. The van der Waals surface area contributed by atoms with Gasteiger partial charge < -0.3 is 10.3 Å². The van der Waals surface area contributed by atoms with E-state index in [-0.39, 0.29) is 5.54 Å². The van der Waals surface area contributed by atoms with E-state index in [1.807, 2.05) is 0 Å². The molecule has 0 amide bonds. The Morgan fingerprint density at radius 3 is 2.27 bits per heavy atom. The number of hydrogen-bond donors (Lipinski definition) is 1. The standard InChI is InChI=1S/C12H23N3/c1-6-8-10-14-9(7-2)11(13)15(10)12(3,4)5/h6-8,13H2,1-5H3. The summed E-state index contributed by atoms with van der Waals surface area (Å²) in [6.07, 6.45) is 3.02. The van der Waals surface area contributed by atoms with Gasteiger partial charge in [-0.15, -0.1) is 0 Å². The van der Waals surface area contributed by atoms with Crippen LogP contribution >= 0.6 is 0 Å². The minimum atomic E-state index is 0.0228. The van der Waals surface area contributed by atoms with Crippen molar-refractivity contribution < 1.29 is 0 Å². The molecule has 1 heterocycles. The van der Waals surface area contributed by atoms with Crippen LogP contribution < -0.4 is 5.73 Å². The molecular formula is C12H23N3. The maximum absolute atomic E-state index is 6.13. The summed E-state index contributed by atoms with van der Waals surface area (Å²) in [5.41, 5.74) is 7.19. The van der Waals surface area contributed by atoms with E-state index >= 15 is 0 Å². The van der Waals surface area contributed by atoms with Crippen molar-refractivity contribution in [2.24, 2.45) is 0 Å². The number of rotatable bonds is 3. The van der Waals surface area contributed by atoms with Crippen LogP contribution in [0.25, 0.3) is 0 Å². The van der Waals surface area contributed by atoms with E-state index in [0.717, 1.165) is 36.6 Å². The first-order valence-corrected chi connectivity index (χ1v) is 5.78. The van der Waals surface area contributed by atoms with Crippen molar-refractivity contribution in [3.63, 3.8) is 0 Å². The predicted octanol–water partition coefficient (Wildman–Crippen LogP) is 2.74. The van der Waals surface area contributed by atoms with Gasteiger partial charge in [0.2, 0.25) is 0 Å². The third-order valence-electron chi connectivity index (χ3n) is 2.54. The Balaban J connectivity index is 3.26. The number of anilines is 1. The van der Waals surface area contributed by atoms with Gasteiger partial charge in [0.05, 0.1) is 5.69 Å². The predicted molar refractivity (Wildman–Crippen MR) is 65.0 cm³/mol. The fraction of sp³-hybridized carbons (Fsp3) is 0.750. The Hall–Kier alpha value is -0.990. The molecule has 3 heteroatoms. The molecule has 1 rings (SSSR count). The van der Waals surface area contributed by atoms with E-state index in [4.69, 9.17) is 5.73 Å². The molecule has 0 saturated carbocycles. The van der Waals surface area contributed by atoms with E-state index in [9.17, 15) is 0 Å². The molecule has 0 aliphatic carbocycles. The van der Waals surface area contributed by atoms with E-state index in [1.165, 1.54) is 0 Å². The van der Waals surface area contributed by atoms with Crippen LogP contribution in [0.3, 0.4) is 0 Å². The molecule has 0 fully saturated rings. The molecule has 0 bridgehead atoms. The third kappa shape index (κ3) is 2.33. The van der Waals surface area contributed by atoms with E-state index in [1.54, 1.807) is 0 Å². The zero-order valence-electron chi connectivity index (χ0n) is 10.6. The molecule has 1 aromatic rings. The summed E-state index contributed by atoms with van der Waals surface area (Å²) in [7, 11) is 0. The summed E-state index contributed by atoms with van der Waals surface area (Å²) in [6.45, 7) is 10.8. The van der Waals surface area contributed by atoms with Crippen LogP contribution in [0.2, 0.25) is 0 Å². The van der Waals surface area contributed by atoms with Gasteiger partial charge in [-0.3, -0.25) is 0 Å². The number of hydrogen-bond acceptors (Lipinski definition) is 2. The molecule has 0 unspecified atom stereocenters. The van der Waals surface area contributed by atoms with Gasteiger partial charge in [-0.25, -0.2) is 4.98 Å². The van der Waals surface area contributed by atoms with Crippen molar-refractivity contribution in [2.75, 3.05) is 5.73 Å². The van der Waals surface area contributed by atoms with Crippen molar-refractivity contribution in [1.29, 1.82) is 0 Å². The fourth-order valence-corrected chi connectivity index (χ4v) is 1.93. The van der Waals surface area contributed by atoms with Gasteiger partial charge in [0.15, 0.2) is 0 Å². The quantitative estimate of drug-likeness (QED) is 0.832. The highest BCUT2D eigenvalue weighted by atomic mass is 15.2. The van der Waals surface area contributed by atoms with Gasteiger partial charge in [0, 0.05) is 12.0 Å². The van der Waals surface area contributed by atoms with Crippen LogP contribution in [0.5, 0.6) is 0 Å². The van der Waals surface area contributed by atoms with E-state index in [0.29, 0.717) is 0 Å². The van der Waals surface area contributed by atoms with Gasteiger partial charge in [-0.05, 0) is 33.6 Å². The molecule has 0 aliphatic rings. The molecule has 15 heavy (non-hydrogen) atoms. The molecule has 0 atom stereocenters. The second-order valence-corrected chi connectivity index (χ2v) is 4.97. The highest BCUT2D eigenvalue weighted by molar-refractivity contribution is 5.39. The van der Waals surface area contributed by atoms with Crippen LogP contribution in [0, 0.1) is 0 Å². The van der Waals surface area contributed by atoms with Crippen LogP contribution in [-0.2, 0) is 18.4 Å². The lowest BCUT2D eigenvalue weighted by Gasteiger charge is -2.25. The molecule has 1 aromatic heterocycles. The Morgan fingerprint density at radius 2 is 1.87 bits per heavy atom. The Kier molecular flexibility index (Phi) is 3.42. The lowest BCUT2D eigenvalue weighted by Crippen LogP contribution is -2.25. The number of nitrogens with two attached hydrogens (primary N) is 1. The molecule has 0 radical (unpaired) electrons. The first-order chi connectivity index (χ1) is 6.91. The smallest absolute Gasteiger partial charge is 0.127 e. The Bertz CT molecular complexity index is 331. The van der Waals surface area contributed by atoms with Crippen molar-refractivity contribution in [1.82, 2.24) is 9.55 Å². The lowest BCUT2D eigenvalue weighted by molar-refractivity contribution is 0.387. The summed E-state index contributed by atoms with van der Waals surface area (Å²) in [5.74, 6) is 1.97. The van der Waals surface area contributed by atoms with Crippen LogP contribution in [0.4, 0.5) is 5.82 Å². The van der Waals surface area contributed by atoms with Gasteiger partial charge in [-0.1, -0.05) is 13.8 Å². The summed E-state index contributed by atoms with van der Waals surface area (Å²) in [4.78, 5) is 4.62. The molecule has 0 spiro atoms. The average Bonchev–Trinajstić information content (AvgIpc) is 2.42. The Labute approximate surface area is 92.7 Å². The number of aromatic nitrogens is 2. The molecule has 0 saturated heterocycles. The molecule has 0 aromatic carbocycles. The highest BCUT2D eigenvalue weighted by Crippen LogP contribution is 2.25. The molecular weight excluding hydrogens is 186 g/mol. The zero-order valence-corrected chi connectivity index (χ0v) is 10.6. The largest absolute Gasteiger partial charge is 0.384 e. The summed E-state index contributed by atoms with van der Waals surface area (Å²) >= 11 is 0. The van der Waals surface area contributed by atoms with Crippen LogP contribution in [0.15, 0.2) is 0 Å². The monoisotopic (exact) mass is 209 g/mol. The topological polar surface area (TPSA) is 43.8 Å². The first kappa shape index (κ1) is 12.1.